The normalized spacial score (nSPS) is 43.7. The number of rotatable bonds is 1. The van der Waals surface area contributed by atoms with Crippen LogP contribution in [0.5, 0.6) is 0 Å². The van der Waals surface area contributed by atoms with Crippen LogP contribution in [0.3, 0.4) is 0 Å². The number of aliphatic hydroxyl groups excluding tert-OH is 1. The van der Waals surface area contributed by atoms with E-state index in [9.17, 15) is 5.11 Å². The minimum absolute atomic E-state index is 0.00694. The lowest BCUT2D eigenvalue weighted by molar-refractivity contribution is 0.124. The molecule has 2 fully saturated rings. The van der Waals surface area contributed by atoms with Gasteiger partial charge in [0.25, 0.3) is 0 Å². The fourth-order valence-electron chi connectivity index (χ4n) is 1.74. The molecule has 0 aromatic rings. The van der Waals surface area contributed by atoms with Crippen molar-refractivity contribution in [3.63, 3.8) is 0 Å². The van der Waals surface area contributed by atoms with Crippen LogP contribution in [0.1, 0.15) is 19.3 Å². The molecule has 2 nitrogen and oxygen atoms in total. The summed E-state index contributed by atoms with van der Waals surface area (Å²) in [7, 11) is 0. The number of aliphatic hydroxyl groups is 1. The maximum Gasteiger partial charge on any atom is 0.0695 e. The lowest BCUT2D eigenvalue weighted by Gasteiger charge is -2.14. The van der Waals surface area contributed by atoms with Crippen LogP contribution in [0.25, 0.3) is 0 Å². The van der Waals surface area contributed by atoms with Gasteiger partial charge in [0.2, 0.25) is 0 Å². The van der Waals surface area contributed by atoms with Crippen LogP contribution in [0, 0.1) is 0 Å². The first-order valence-electron chi connectivity index (χ1n) is 3.80. The zero-order chi connectivity index (χ0) is 6.27. The molecule has 52 valence electrons. The Bertz CT molecular complexity index is 111. The molecule has 0 unspecified atom stereocenters. The van der Waals surface area contributed by atoms with Crippen LogP contribution in [0.4, 0.5) is 0 Å². The summed E-state index contributed by atoms with van der Waals surface area (Å²) in [5.41, 5.74) is 0. The van der Waals surface area contributed by atoms with Crippen molar-refractivity contribution in [1.82, 2.24) is 4.90 Å². The first kappa shape index (κ1) is 5.69. The Balaban J connectivity index is 1.93. The van der Waals surface area contributed by atoms with Crippen LogP contribution in [-0.4, -0.2) is 35.2 Å². The van der Waals surface area contributed by atoms with E-state index in [1.165, 1.54) is 25.9 Å². The quantitative estimate of drug-likeness (QED) is 0.509. The Hall–Kier alpha value is -0.0800. The average molecular weight is 127 g/mol. The van der Waals surface area contributed by atoms with Crippen molar-refractivity contribution in [3.8, 4) is 0 Å². The highest BCUT2D eigenvalue weighted by molar-refractivity contribution is 4.91. The molecule has 2 aliphatic rings. The first-order valence-corrected chi connectivity index (χ1v) is 3.80. The van der Waals surface area contributed by atoms with Crippen molar-refractivity contribution < 1.29 is 5.11 Å². The van der Waals surface area contributed by atoms with Gasteiger partial charge in [-0.05, 0) is 19.3 Å². The smallest absolute Gasteiger partial charge is 0.0695 e. The third kappa shape index (κ3) is 0.970. The Morgan fingerprint density at radius 3 is 2.44 bits per heavy atom. The second-order valence-electron chi connectivity index (χ2n) is 3.10. The molecule has 2 atom stereocenters. The summed E-state index contributed by atoms with van der Waals surface area (Å²) in [5, 5.41) is 9.36. The molecule has 2 heteroatoms. The van der Waals surface area contributed by atoms with E-state index in [1.807, 2.05) is 0 Å². The predicted octanol–water partition coefficient (Wildman–Crippen LogP) is 0.215. The van der Waals surface area contributed by atoms with Crippen LogP contribution in [0.2, 0.25) is 0 Å². The standard InChI is InChI=1S/C7H13NO/c9-7-3-1-2-6(7)8-4-5-8/h6-7,9H,1-5H2/t6-,7+/m1/s1. The lowest BCUT2D eigenvalue weighted by Crippen LogP contribution is -2.27. The van der Waals surface area contributed by atoms with Gasteiger partial charge >= 0.3 is 0 Å². The fraction of sp³-hybridized carbons (Fsp3) is 1.00. The van der Waals surface area contributed by atoms with Crippen LogP contribution >= 0.6 is 0 Å². The molecule has 1 heterocycles. The fourth-order valence-corrected chi connectivity index (χ4v) is 1.74. The van der Waals surface area contributed by atoms with E-state index in [-0.39, 0.29) is 6.10 Å². The maximum absolute atomic E-state index is 9.36. The minimum Gasteiger partial charge on any atom is -0.391 e. The van der Waals surface area contributed by atoms with Gasteiger partial charge in [0.05, 0.1) is 6.10 Å². The second-order valence-corrected chi connectivity index (χ2v) is 3.10. The first-order chi connectivity index (χ1) is 4.38. The topological polar surface area (TPSA) is 23.2 Å². The molecule has 0 radical (unpaired) electrons. The molecule has 2 rings (SSSR count). The van der Waals surface area contributed by atoms with E-state index < -0.39 is 0 Å². The Morgan fingerprint density at radius 1 is 1.22 bits per heavy atom. The molecular weight excluding hydrogens is 114 g/mol. The van der Waals surface area contributed by atoms with Gasteiger partial charge < -0.3 is 5.11 Å². The van der Waals surface area contributed by atoms with Gasteiger partial charge in [0, 0.05) is 19.1 Å². The van der Waals surface area contributed by atoms with Gasteiger partial charge in [-0.15, -0.1) is 0 Å². The van der Waals surface area contributed by atoms with Crippen molar-refractivity contribution in [2.45, 2.75) is 31.4 Å². The highest BCUT2D eigenvalue weighted by Gasteiger charge is 2.35. The Labute approximate surface area is 55.5 Å². The number of nitrogens with zero attached hydrogens (tertiary/aromatic N) is 1. The lowest BCUT2D eigenvalue weighted by atomic mass is 10.2. The second kappa shape index (κ2) is 1.96. The Morgan fingerprint density at radius 2 is 2.00 bits per heavy atom. The van der Waals surface area contributed by atoms with Crippen molar-refractivity contribution in [2.75, 3.05) is 13.1 Å². The number of hydrogen-bond acceptors (Lipinski definition) is 2. The Kier molecular flexibility index (Phi) is 1.24. The van der Waals surface area contributed by atoms with E-state index >= 15 is 0 Å². The van der Waals surface area contributed by atoms with Crippen LogP contribution in [0.15, 0.2) is 0 Å². The summed E-state index contributed by atoms with van der Waals surface area (Å²) in [6.45, 7) is 2.45. The highest BCUT2D eigenvalue weighted by atomic mass is 16.3. The van der Waals surface area contributed by atoms with Gasteiger partial charge in [-0.3, -0.25) is 4.90 Å². The largest absolute Gasteiger partial charge is 0.391 e. The van der Waals surface area contributed by atoms with Gasteiger partial charge in [0.15, 0.2) is 0 Å². The van der Waals surface area contributed by atoms with Crippen molar-refractivity contribution in [3.05, 3.63) is 0 Å². The van der Waals surface area contributed by atoms with Gasteiger partial charge in [0.1, 0.15) is 0 Å². The summed E-state index contributed by atoms with van der Waals surface area (Å²) < 4.78 is 0. The zero-order valence-electron chi connectivity index (χ0n) is 5.58. The van der Waals surface area contributed by atoms with E-state index in [0.717, 1.165) is 6.42 Å². The zero-order valence-corrected chi connectivity index (χ0v) is 5.58. The average Bonchev–Trinajstić information content (AvgIpc) is 2.58. The molecule has 1 aliphatic carbocycles. The third-order valence-electron chi connectivity index (χ3n) is 2.39. The molecule has 1 saturated heterocycles. The summed E-state index contributed by atoms with van der Waals surface area (Å²) in [6.07, 6.45) is 3.47. The molecule has 1 N–H and O–H groups in total. The summed E-state index contributed by atoms with van der Waals surface area (Å²) in [5.74, 6) is 0. The van der Waals surface area contributed by atoms with E-state index in [1.54, 1.807) is 0 Å². The van der Waals surface area contributed by atoms with E-state index in [4.69, 9.17) is 0 Å². The van der Waals surface area contributed by atoms with Crippen LogP contribution in [-0.2, 0) is 0 Å². The highest BCUT2D eigenvalue weighted by Crippen LogP contribution is 2.27. The molecular formula is C7H13NO. The molecule has 0 amide bonds. The molecule has 0 aromatic carbocycles. The summed E-state index contributed by atoms with van der Waals surface area (Å²) >= 11 is 0. The molecule has 0 spiro atoms. The predicted molar refractivity (Wildman–Crippen MR) is 35.2 cm³/mol. The SMILES string of the molecule is O[C@H]1CCC[C@H]1N1CC1. The number of hydrogen-bond donors (Lipinski definition) is 1. The summed E-state index contributed by atoms with van der Waals surface area (Å²) in [6, 6.07) is 0.532. The maximum atomic E-state index is 9.36. The third-order valence-corrected chi connectivity index (χ3v) is 2.39. The van der Waals surface area contributed by atoms with Crippen molar-refractivity contribution >= 4 is 0 Å². The van der Waals surface area contributed by atoms with E-state index in [2.05, 4.69) is 4.90 Å². The van der Waals surface area contributed by atoms with Crippen LogP contribution < -0.4 is 0 Å². The van der Waals surface area contributed by atoms with Crippen molar-refractivity contribution in [1.29, 1.82) is 0 Å². The molecule has 1 aliphatic heterocycles. The van der Waals surface area contributed by atoms with Gasteiger partial charge in [-0.2, -0.15) is 0 Å². The summed E-state index contributed by atoms with van der Waals surface area (Å²) in [4.78, 5) is 2.36. The van der Waals surface area contributed by atoms with Gasteiger partial charge in [-0.25, -0.2) is 0 Å². The van der Waals surface area contributed by atoms with Gasteiger partial charge in [-0.1, -0.05) is 0 Å². The molecule has 1 saturated carbocycles. The molecule has 0 bridgehead atoms. The molecule has 0 aromatic heterocycles. The monoisotopic (exact) mass is 127 g/mol. The molecule has 9 heavy (non-hydrogen) atoms. The minimum atomic E-state index is -0.00694. The van der Waals surface area contributed by atoms with Crippen molar-refractivity contribution in [2.24, 2.45) is 0 Å². The van der Waals surface area contributed by atoms with E-state index in [0.29, 0.717) is 6.04 Å².